The van der Waals surface area contributed by atoms with Crippen LogP contribution in [-0.2, 0) is 9.53 Å². The van der Waals surface area contributed by atoms with Crippen molar-refractivity contribution in [1.29, 1.82) is 0 Å². The van der Waals surface area contributed by atoms with Crippen LogP contribution in [0, 0.1) is 0 Å². The average Bonchev–Trinajstić information content (AvgIpc) is 3.10. The van der Waals surface area contributed by atoms with Crippen LogP contribution in [-0.4, -0.2) is 60.9 Å². The molecule has 5 heteroatoms. The number of aliphatic hydroxyl groups excluding tert-OH is 1. The summed E-state index contributed by atoms with van der Waals surface area (Å²) >= 11 is 0. The lowest BCUT2D eigenvalue weighted by molar-refractivity contribution is -0.146. The molecule has 1 saturated carbocycles. The van der Waals surface area contributed by atoms with Crippen molar-refractivity contribution in [3.63, 3.8) is 0 Å². The lowest BCUT2D eigenvalue weighted by atomic mass is 10.2. The smallest absolute Gasteiger partial charge is 0.253 e. The second-order valence-corrected chi connectivity index (χ2v) is 4.05. The number of hydrogen-bond acceptors (Lipinski definition) is 4. The van der Waals surface area contributed by atoms with Gasteiger partial charge >= 0.3 is 0 Å². The van der Waals surface area contributed by atoms with Gasteiger partial charge in [-0.2, -0.15) is 0 Å². The summed E-state index contributed by atoms with van der Waals surface area (Å²) in [6, 6.07) is 0.343. The molecule has 1 atom stereocenters. The van der Waals surface area contributed by atoms with Crippen molar-refractivity contribution in [2.45, 2.75) is 25.0 Å². The quantitative estimate of drug-likeness (QED) is 0.627. The number of amides is 1. The molecule has 1 saturated heterocycles. The molecule has 1 aliphatic heterocycles. The van der Waals surface area contributed by atoms with Crippen LogP contribution in [0.2, 0.25) is 0 Å². The zero-order chi connectivity index (χ0) is 10.7. The summed E-state index contributed by atoms with van der Waals surface area (Å²) in [6.07, 6.45) is 1.77. The number of hydrogen-bond donors (Lipinski definition) is 2. The minimum atomic E-state index is -0.356. The number of morpholine rings is 1. The molecule has 0 aromatic rings. The predicted octanol–water partition coefficient (Wildman–Crippen LogP) is -1.04. The van der Waals surface area contributed by atoms with Gasteiger partial charge in [0.15, 0.2) is 0 Å². The summed E-state index contributed by atoms with van der Waals surface area (Å²) in [4.78, 5) is 13.8. The molecule has 2 N–H and O–H groups in total. The Labute approximate surface area is 89.4 Å². The molecule has 1 unspecified atom stereocenters. The Bertz CT molecular complexity index is 225. The first-order valence-electron chi connectivity index (χ1n) is 5.56. The molecule has 2 rings (SSSR count). The van der Waals surface area contributed by atoms with Crippen molar-refractivity contribution >= 4 is 5.91 Å². The number of ether oxygens (including phenoxy) is 1. The Morgan fingerprint density at radius 1 is 1.53 bits per heavy atom. The number of carbonyl (C=O) groups is 1. The van der Waals surface area contributed by atoms with Crippen LogP contribution in [0.25, 0.3) is 0 Å². The van der Waals surface area contributed by atoms with E-state index < -0.39 is 0 Å². The van der Waals surface area contributed by atoms with E-state index in [-0.39, 0.29) is 18.6 Å². The van der Waals surface area contributed by atoms with Gasteiger partial charge in [0.1, 0.15) is 6.10 Å². The average molecular weight is 214 g/mol. The van der Waals surface area contributed by atoms with Crippen molar-refractivity contribution in [2.24, 2.45) is 0 Å². The van der Waals surface area contributed by atoms with E-state index in [1.165, 1.54) is 0 Å². The van der Waals surface area contributed by atoms with E-state index in [1.54, 1.807) is 4.90 Å². The van der Waals surface area contributed by atoms with Crippen molar-refractivity contribution in [2.75, 3.05) is 32.8 Å². The van der Waals surface area contributed by atoms with E-state index >= 15 is 0 Å². The molecule has 0 aromatic carbocycles. The maximum Gasteiger partial charge on any atom is 0.253 e. The Hall–Kier alpha value is -0.650. The van der Waals surface area contributed by atoms with Crippen molar-refractivity contribution < 1.29 is 14.6 Å². The summed E-state index contributed by atoms with van der Waals surface area (Å²) in [5.74, 6) is 0.0266. The van der Waals surface area contributed by atoms with Gasteiger partial charge in [-0.3, -0.25) is 4.79 Å². The molecule has 1 heterocycles. The lowest BCUT2D eigenvalue weighted by Crippen LogP contribution is -2.50. The van der Waals surface area contributed by atoms with Crippen molar-refractivity contribution in [3.8, 4) is 0 Å². The fourth-order valence-corrected chi connectivity index (χ4v) is 1.88. The first kappa shape index (κ1) is 10.9. The molecule has 2 fully saturated rings. The third kappa shape index (κ3) is 2.68. The normalized spacial score (nSPS) is 26.3. The van der Waals surface area contributed by atoms with Crippen molar-refractivity contribution in [3.05, 3.63) is 0 Å². The van der Waals surface area contributed by atoms with E-state index in [1.807, 2.05) is 0 Å². The van der Waals surface area contributed by atoms with Gasteiger partial charge in [0, 0.05) is 25.7 Å². The van der Waals surface area contributed by atoms with Gasteiger partial charge in [0.05, 0.1) is 13.2 Å². The molecular formula is C10H18N2O3. The summed E-state index contributed by atoms with van der Waals surface area (Å²) < 4.78 is 5.41. The third-order valence-electron chi connectivity index (χ3n) is 2.81. The fourth-order valence-electron chi connectivity index (χ4n) is 1.88. The topological polar surface area (TPSA) is 61.8 Å². The number of nitrogens with one attached hydrogen (secondary N) is 1. The van der Waals surface area contributed by atoms with E-state index in [4.69, 9.17) is 9.84 Å². The van der Waals surface area contributed by atoms with Crippen LogP contribution in [0.15, 0.2) is 0 Å². The molecule has 1 aliphatic carbocycles. The molecule has 0 bridgehead atoms. The molecule has 15 heavy (non-hydrogen) atoms. The minimum absolute atomic E-state index is 0.0266. The zero-order valence-corrected chi connectivity index (χ0v) is 8.82. The Kier molecular flexibility index (Phi) is 3.56. The van der Waals surface area contributed by atoms with E-state index in [0.29, 0.717) is 25.7 Å². The highest BCUT2D eigenvalue weighted by Crippen LogP contribution is 2.27. The highest BCUT2D eigenvalue weighted by Gasteiger charge is 2.36. The van der Waals surface area contributed by atoms with Gasteiger partial charge in [-0.25, -0.2) is 0 Å². The predicted molar refractivity (Wildman–Crippen MR) is 54.4 cm³/mol. The summed E-state index contributed by atoms with van der Waals surface area (Å²) in [5.41, 5.74) is 0. The Balaban J connectivity index is 1.90. The summed E-state index contributed by atoms with van der Waals surface area (Å²) in [5, 5.41) is 12.0. The summed E-state index contributed by atoms with van der Waals surface area (Å²) in [7, 11) is 0. The minimum Gasteiger partial charge on any atom is -0.395 e. The zero-order valence-electron chi connectivity index (χ0n) is 8.82. The van der Waals surface area contributed by atoms with Crippen molar-refractivity contribution in [1.82, 2.24) is 10.2 Å². The number of carbonyl (C=O) groups excluding carboxylic acids is 1. The van der Waals surface area contributed by atoms with E-state index in [2.05, 4.69) is 5.32 Å². The second kappa shape index (κ2) is 4.92. The second-order valence-electron chi connectivity index (χ2n) is 4.05. The van der Waals surface area contributed by atoms with Crippen LogP contribution < -0.4 is 5.32 Å². The maximum absolute atomic E-state index is 12.0. The molecule has 1 amide bonds. The number of aliphatic hydroxyl groups is 1. The van der Waals surface area contributed by atoms with Gasteiger partial charge in [0.25, 0.3) is 5.91 Å². The van der Waals surface area contributed by atoms with Crippen LogP contribution in [0.1, 0.15) is 12.8 Å². The first-order valence-corrected chi connectivity index (χ1v) is 5.56. The van der Waals surface area contributed by atoms with Crippen LogP contribution in [0.4, 0.5) is 0 Å². The largest absolute Gasteiger partial charge is 0.395 e. The third-order valence-corrected chi connectivity index (χ3v) is 2.81. The number of nitrogens with zero attached hydrogens (tertiary/aromatic N) is 1. The van der Waals surface area contributed by atoms with Crippen LogP contribution in [0.3, 0.4) is 0 Å². The van der Waals surface area contributed by atoms with E-state index in [9.17, 15) is 4.79 Å². The summed E-state index contributed by atoms with van der Waals surface area (Å²) in [6.45, 7) is 2.46. The van der Waals surface area contributed by atoms with Gasteiger partial charge in [-0.05, 0) is 12.8 Å². The van der Waals surface area contributed by atoms with Crippen LogP contribution >= 0.6 is 0 Å². The monoisotopic (exact) mass is 214 g/mol. The van der Waals surface area contributed by atoms with Gasteiger partial charge in [-0.15, -0.1) is 0 Å². The maximum atomic E-state index is 12.0. The molecular weight excluding hydrogens is 196 g/mol. The number of rotatable bonds is 4. The SMILES string of the molecule is O=C(C1CNCCO1)N(CCO)C1CC1. The van der Waals surface area contributed by atoms with Gasteiger partial charge in [0.2, 0.25) is 0 Å². The molecule has 0 spiro atoms. The Morgan fingerprint density at radius 3 is 2.87 bits per heavy atom. The van der Waals surface area contributed by atoms with Gasteiger partial charge in [-0.1, -0.05) is 0 Å². The molecule has 0 radical (unpaired) electrons. The van der Waals surface area contributed by atoms with Crippen LogP contribution in [0.5, 0.6) is 0 Å². The van der Waals surface area contributed by atoms with Gasteiger partial charge < -0.3 is 20.1 Å². The fraction of sp³-hybridized carbons (Fsp3) is 0.900. The highest BCUT2D eigenvalue weighted by atomic mass is 16.5. The molecule has 86 valence electrons. The standard InChI is InChI=1S/C10H18N2O3/c13-5-4-12(8-1-2-8)10(14)9-7-11-3-6-15-9/h8-9,11,13H,1-7H2. The highest BCUT2D eigenvalue weighted by molar-refractivity contribution is 5.82. The first-order chi connectivity index (χ1) is 7.33. The Morgan fingerprint density at radius 2 is 2.33 bits per heavy atom. The van der Waals surface area contributed by atoms with E-state index in [0.717, 1.165) is 19.4 Å². The lowest BCUT2D eigenvalue weighted by Gasteiger charge is -2.29. The molecule has 2 aliphatic rings. The molecule has 0 aromatic heterocycles. The molecule has 5 nitrogen and oxygen atoms in total.